The van der Waals surface area contributed by atoms with Crippen LogP contribution in [0.15, 0.2) is 11.3 Å². The molecule has 0 bridgehead atoms. The lowest BCUT2D eigenvalue weighted by Crippen LogP contribution is -2.09. The van der Waals surface area contributed by atoms with E-state index >= 15 is 0 Å². The molecule has 0 aromatic heterocycles. The molecule has 0 fully saturated rings. The largest absolute Gasteiger partial charge is 0.512 e. The first kappa shape index (κ1) is 8.54. The maximum absolute atomic E-state index is 9.34. The molecule has 0 unspecified atom stereocenters. The summed E-state index contributed by atoms with van der Waals surface area (Å²) in [6.07, 6.45) is 0. The number of rotatable bonds is 0. The first-order chi connectivity index (χ1) is 3.85. The Morgan fingerprint density at radius 1 is 1.11 bits per heavy atom. The maximum Gasteiger partial charge on any atom is 0.0962 e. The summed E-state index contributed by atoms with van der Waals surface area (Å²) < 4.78 is 0. The van der Waals surface area contributed by atoms with Crippen LogP contribution in [-0.4, -0.2) is 5.11 Å². The van der Waals surface area contributed by atoms with Gasteiger partial charge in [0.25, 0.3) is 0 Å². The molecule has 0 rings (SSSR count). The van der Waals surface area contributed by atoms with Gasteiger partial charge in [0.2, 0.25) is 0 Å². The molecule has 0 radical (unpaired) electrons. The SMILES string of the molecule is CC(C)=C(O)C(C)(C)C. The molecule has 9 heavy (non-hydrogen) atoms. The Labute approximate surface area is 57.4 Å². The smallest absolute Gasteiger partial charge is 0.0962 e. The first-order valence-electron chi connectivity index (χ1n) is 3.22. The molecular weight excluding hydrogens is 112 g/mol. The maximum atomic E-state index is 9.34. The summed E-state index contributed by atoms with van der Waals surface area (Å²) in [5.41, 5.74) is 0.918. The first-order valence-corrected chi connectivity index (χ1v) is 3.22. The van der Waals surface area contributed by atoms with E-state index in [1.807, 2.05) is 34.6 Å². The van der Waals surface area contributed by atoms with Crippen molar-refractivity contribution in [3.63, 3.8) is 0 Å². The van der Waals surface area contributed by atoms with Gasteiger partial charge in [0.05, 0.1) is 5.76 Å². The van der Waals surface area contributed by atoms with Gasteiger partial charge in [0, 0.05) is 5.41 Å². The molecule has 0 atom stereocenters. The molecule has 0 spiro atoms. The zero-order valence-corrected chi connectivity index (χ0v) is 6.95. The van der Waals surface area contributed by atoms with E-state index in [0.717, 1.165) is 5.57 Å². The minimum atomic E-state index is -0.0845. The number of hydrogen-bond acceptors (Lipinski definition) is 1. The molecule has 0 aromatic carbocycles. The Hall–Kier alpha value is -0.460. The van der Waals surface area contributed by atoms with Crippen LogP contribution in [0.3, 0.4) is 0 Å². The minimum Gasteiger partial charge on any atom is -0.512 e. The van der Waals surface area contributed by atoms with Crippen LogP contribution in [0.1, 0.15) is 34.6 Å². The fourth-order valence-electron chi connectivity index (χ4n) is 0.750. The Morgan fingerprint density at radius 2 is 1.44 bits per heavy atom. The highest BCUT2D eigenvalue weighted by atomic mass is 16.3. The molecule has 0 aromatic rings. The highest BCUT2D eigenvalue weighted by molar-refractivity contribution is 5.07. The summed E-state index contributed by atoms with van der Waals surface area (Å²) >= 11 is 0. The van der Waals surface area contributed by atoms with Crippen molar-refractivity contribution in [1.29, 1.82) is 0 Å². The Bertz CT molecular complexity index is 122. The third kappa shape index (κ3) is 2.54. The average Bonchev–Trinajstić information content (AvgIpc) is 1.62. The van der Waals surface area contributed by atoms with E-state index in [9.17, 15) is 5.11 Å². The van der Waals surface area contributed by atoms with Gasteiger partial charge in [0.1, 0.15) is 0 Å². The molecule has 0 saturated carbocycles. The second kappa shape index (κ2) is 2.42. The van der Waals surface area contributed by atoms with Crippen LogP contribution in [-0.2, 0) is 0 Å². The fraction of sp³-hybridized carbons (Fsp3) is 0.750. The summed E-state index contributed by atoms with van der Waals surface area (Å²) in [5, 5.41) is 9.34. The van der Waals surface area contributed by atoms with Gasteiger partial charge in [0.15, 0.2) is 0 Å². The number of aliphatic hydroxyl groups is 1. The number of allylic oxidation sites excluding steroid dienone is 2. The molecule has 0 aliphatic carbocycles. The van der Waals surface area contributed by atoms with Crippen molar-refractivity contribution in [2.24, 2.45) is 5.41 Å². The van der Waals surface area contributed by atoms with Gasteiger partial charge in [-0.1, -0.05) is 20.8 Å². The summed E-state index contributed by atoms with van der Waals surface area (Å²) in [6.45, 7) is 9.82. The van der Waals surface area contributed by atoms with Crippen molar-refractivity contribution in [2.75, 3.05) is 0 Å². The lowest BCUT2D eigenvalue weighted by Gasteiger charge is -2.18. The van der Waals surface area contributed by atoms with Crippen LogP contribution in [0.2, 0.25) is 0 Å². The molecule has 1 heteroatoms. The van der Waals surface area contributed by atoms with Crippen LogP contribution < -0.4 is 0 Å². The molecule has 54 valence electrons. The predicted molar refractivity (Wildman–Crippen MR) is 40.5 cm³/mol. The Kier molecular flexibility index (Phi) is 2.30. The summed E-state index contributed by atoms with van der Waals surface area (Å²) in [6, 6.07) is 0. The van der Waals surface area contributed by atoms with Crippen molar-refractivity contribution < 1.29 is 5.11 Å². The highest BCUT2D eigenvalue weighted by Crippen LogP contribution is 2.24. The lowest BCUT2D eigenvalue weighted by atomic mass is 9.91. The van der Waals surface area contributed by atoms with Gasteiger partial charge in [-0.2, -0.15) is 0 Å². The van der Waals surface area contributed by atoms with E-state index in [2.05, 4.69) is 0 Å². The molecule has 0 aliphatic rings. The summed E-state index contributed by atoms with van der Waals surface area (Å²) in [4.78, 5) is 0. The molecule has 0 aliphatic heterocycles. The van der Waals surface area contributed by atoms with Crippen molar-refractivity contribution in [3.05, 3.63) is 11.3 Å². The van der Waals surface area contributed by atoms with Crippen molar-refractivity contribution in [3.8, 4) is 0 Å². The van der Waals surface area contributed by atoms with E-state index in [4.69, 9.17) is 0 Å². The monoisotopic (exact) mass is 128 g/mol. The molecular formula is C8H16O. The average molecular weight is 128 g/mol. The predicted octanol–water partition coefficient (Wildman–Crippen LogP) is 2.88. The standard InChI is InChI=1S/C8H16O/c1-6(2)7(9)8(3,4)5/h9H,1-5H3. The molecule has 0 heterocycles. The Morgan fingerprint density at radius 3 is 1.44 bits per heavy atom. The summed E-state index contributed by atoms with van der Waals surface area (Å²) in [5.74, 6) is 0.502. The van der Waals surface area contributed by atoms with E-state index < -0.39 is 0 Å². The zero-order chi connectivity index (χ0) is 7.65. The van der Waals surface area contributed by atoms with Gasteiger partial charge in [-0.25, -0.2) is 0 Å². The third-order valence-electron chi connectivity index (χ3n) is 1.18. The second-order valence-corrected chi connectivity index (χ2v) is 3.60. The quantitative estimate of drug-likeness (QED) is 0.497. The summed E-state index contributed by atoms with van der Waals surface area (Å²) in [7, 11) is 0. The topological polar surface area (TPSA) is 20.2 Å². The van der Waals surface area contributed by atoms with E-state index in [1.54, 1.807) is 0 Å². The van der Waals surface area contributed by atoms with E-state index in [-0.39, 0.29) is 5.41 Å². The highest BCUT2D eigenvalue weighted by Gasteiger charge is 2.16. The zero-order valence-electron chi connectivity index (χ0n) is 6.95. The van der Waals surface area contributed by atoms with Gasteiger partial charge in [-0.3, -0.25) is 0 Å². The number of hydrogen-bond donors (Lipinski definition) is 1. The van der Waals surface area contributed by atoms with Crippen LogP contribution in [0.5, 0.6) is 0 Å². The molecule has 0 saturated heterocycles. The van der Waals surface area contributed by atoms with Crippen LogP contribution in [0.4, 0.5) is 0 Å². The van der Waals surface area contributed by atoms with Crippen LogP contribution in [0.25, 0.3) is 0 Å². The minimum absolute atomic E-state index is 0.0845. The van der Waals surface area contributed by atoms with Crippen LogP contribution >= 0.6 is 0 Å². The molecule has 1 nitrogen and oxygen atoms in total. The lowest BCUT2D eigenvalue weighted by molar-refractivity contribution is 0.271. The van der Waals surface area contributed by atoms with E-state index in [0.29, 0.717) is 5.76 Å². The normalized spacial score (nSPS) is 11.2. The number of aliphatic hydroxyl groups excluding tert-OH is 1. The van der Waals surface area contributed by atoms with Crippen LogP contribution in [0, 0.1) is 5.41 Å². The second-order valence-electron chi connectivity index (χ2n) is 3.60. The molecule has 0 amide bonds. The van der Waals surface area contributed by atoms with Gasteiger partial charge in [-0.15, -0.1) is 0 Å². The third-order valence-corrected chi connectivity index (χ3v) is 1.18. The van der Waals surface area contributed by atoms with E-state index in [1.165, 1.54) is 0 Å². The molecule has 1 N–H and O–H groups in total. The fourth-order valence-corrected chi connectivity index (χ4v) is 0.750. The van der Waals surface area contributed by atoms with Crippen molar-refractivity contribution in [1.82, 2.24) is 0 Å². The Balaban J connectivity index is 4.40. The van der Waals surface area contributed by atoms with Gasteiger partial charge >= 0.3 is 0 Å². The van der Waals surface area contributed by atoms with Gasteiger partial charge < -0.3 is 5.11 Å². The van der Waals surface area contributed by atoms with Crippen molar-refractivity contribution >= 4 is 0 Å². The van der Waals surface area contributed by atoms with Crippen molar-refractivity contribution in [2.45, 2.75) is 34.6 Å². The van der Waals surface area contributed by atoms with Gasteiger partial charge in [-0.05, 0) is 19.4 Å².